The van der Waals surface area contributed by atoms with Gasteiger partial charge in [0, 0.05) is 12.8 Å². The molecule has 0 spiro atoms. The fourth-order valence-corrected chi connectivity index (χ4v) is 3.13. The lowest BCUT2D eigenvalue weighted by molar-refractivity contribution is 0.576. The van der Waals surface area contributed by atoms with Crippen LogP contribution in [-0.2, 0) is 19.9 Å². The molecule has 1 rings (SSSR count). The molecule has 0 aliphatic carbocycles. The summed E-state index contributed by atoms with van der Waals surface area (Å²) in [7, 11) is -6.91. The van der Waals surface area contributed by atoms with Gasteiger partial charge in [-0.15, -0.1) is 0 Å². The second-order valence-electron chi connectivity index (χ2n) is 4.14. The Balaban J connectivity index is 2.80. The molecule has 3 N–H and O–H groups in total. The normalized spacial score (nSPS) is 12.5. The molecule has 0 atom stereocenters. The average Bonchev–Trinajstić information content (AvgIpc) is 2.34. The van der Waals surface area contributed by atoms with Crippen LogP contribution < -0.4 is 10.5 Å². The second-order valence-corrected chi connectivity index (χ2v) is 7.92. The van der Waals surface area contributed by atoms with E-state index in [4.69, 9.17) is 5.73 Å². The van der Waals surface area contributed by atoms with Crippen LogP contribution in [0, 0.1) is 0 Å². The van der Waals surface area contributed by atoms with E-state index in [0.29, 0.717) is 19.5 Å². The molecule has 0 saturated carbocycles. The summed E-state index contributed by atoms with van der Waals surface area (Å²) in [5.74, 6) is 0. The Morgan fingerprint density at radius 2 is 1.53 bits per heavy atom. The van der Waals surface area contributed by atoms with Gasteiger partial charge in [0.15, 0.2) is 9.84 Å². The van der Waals surface area contributed by atoms with Gasteiger partial charge in [-0.3, -0.25) is 0 Å². The highest BCUT2D eigenvalue weighted by atomic mass is 32.2. The fraction of sp³-hybridized carbons (Fsp3) is 0.455. The highest BCUT2D eigenvalue weighted by Crippen LogP contribution is 2.14. The van der Waals surface area contributed by atoms with E-state index in [1.54, 1.807) is 0 Å². The van der Waals surface area contributed by atoms with E-state index >= 15 is 0 Å². The number of sulfonamides is 1. The van der Waals surface area contributed by atoms with Crippen molar-refractivity contribution in [2.75, 3.05) is 19.3 Å². The van der Waals surface area contributed by atoms with Crippen molar-refractivity contribution in [3.8, 4) is 0 Å². The standard InChI is InChI=1S/C11H18N2O4S2/c1-18(14,15)10-4-6-11(7-5-10)19(16,17)13-9-3-2-8-12/h4-7,13H,2-3,8-9,12H2,1H3. The van der Waals surface area contributed by atoms with Gasteiger partial charge in [-0.05, 0) is 43.7 Å². The second kappa shape index (κ2) is 6.47. The molecule has 1 aromatic carbocycles. The van der Waals surface area contributed by atoms with E-state index in [1.165, 1.54) is 24.3 Å². The number of hydrogen-bond acceptors (Lipinski definition) is 5. The Kier molecular flexibility index (Phi) is 5.48. The fourth-order valence-electron chi connectivity index (χ4n) is 1.43. The molecule has 1 aromatic rings. The SMILES string of the molecule is CS(=O)(=O)c1ccc(S(=O)(=O)NCCCCN)cc1. The first kappa shape index (κ1) is 16.1. The van der Waals surface area contributed by atoms with Crippen LogP contribution in [0.2, 0.25) is 0 Å². The largest absolute Gasteiger partial charge is 0.330 e. The van der Waals surface area contributed by atoms with Crippen LogP contribution in [0.15, 0.2) is 34.1 Å². The predicted octanol–water partition coefficient (Wildman–Crippen LogP) is 0.107. The van der Waals surface area contributed by atoms with E-state index in [0.717, 1.165) is 12.7 Å². The molecule has 0 amide bonds. The maximum Gasteiger partial charge on any atom is 0.240 e. The van der Waals surface area contributed by atoms with Crippen molar-refractivity contribution < 1.29 is 16.8 Å². The average molecular weight is 306 g/mol. The molecular formula is C11H18N2O4S2. The van der Waals surface area contributed by atoms with Crippen molar-refractivity contribution in [2.24, 2.45) is 5.73 Å². The first-order valence-corrected chi connectivity index (χ1v) is 9.15. The van der Waals surface area contributed by atoms with Gasteiger partial charge in [0.05, 0.1) is 9.79 Å². The zero-order valence-corrected chi connectivity index (χ0v) is 12.3. The number of nitrogens with two attached hydrogens (primary N) is 1. The van der Waals surface area contributed by atoms with Gasteiger partial charge in [0.1, 0.15) is 0 Å². The number of sulfone groups is 1. The third-order valence-corrected chi connectivity index (χ3v) is 5.09. The first-order valence-electron chi connectivity index (χ1n) is 5.77. The lowest BCUT2D eigenvalue weighted by Crippen LogP contribution is -2.25. The molecule has 6 nitrogen and oxygen atoms in total. The van der Waals surface area contributed by atoms with Crippen molar-refractivity contribution in [1.29, 1.82) is 0 Å². The first-order chi connectivity index (χ1) is 8.77. The van der Waals surface area contributed by atoms with Gasteiger partial charge in [-0.1, -0.05) is 0 Å². The molecule has 0 aliphatic rings. The minimum atomic E-state index is -3.59. The molecule has 108 valence electrons. The molecule has 0 aromatic heterocycles. The Hall–Kier alpha value is -0.960. The van der Waals surface area contributed by atoms with E-state index in [2.05, 4.69) is 4.72 Å². The van der Waals surface area contributed by atoms with Crippen LogP contribution >= 0.6 is 0 Å². The molecule has 0 fully saturated rings. The van der Waals surface area contributed by atoms with Gasteiger partial charge in [-0.25, -0.2) is 21.6 Å². The van der Waals surface area contributed by atoms with Gasteiger partial charge in [0.2, 0.25) is 10.0 Å². The van der Waals surface area contributed by atoms with Crippen LogP contribution in [0.1, 0.15) is 12.8 Å². The summed E-state index contributed by atoms with van der Waals surface area (Å²) >= 11 is 0. The number of nitrogens with one attached hydrogen (secondary N) is 1. The third kappa shape index (κ3) is 4.90. The van der Waals surface area contributed by atoms with Gasteiger partial charge in [-0.2, -0.15) is 0 Å². The molecule has 0 heterocycles. The minimum Gasteiger partial charge on any atom is -0.330 e. The molecule has 0 saturated heterocycles. The van der Waals surface area contributed by atoms with Crippen molar-refractivity contribution in [2.45, 2.75) is 22.6 Å². The summed E-state index contributed by atoms with van der Waals surface area (Å²) in [6.07, 6.45) is 2.48. The topological polar surface area (TPSA) is 106 Å². The molecule has 0 radical (unpaired) electrons. The monoisotopic (exact) mass is 306 g/mol. The lowest BCUT2D eigenvalue weighted by Gasteiger charge is -2.07. The van der Waals surface area contributed by atoms with E-state index in [-0.39, 0.29) is 9.79 Å². The maximum absolute atomic E-state index is 11.9. The number of benzene rings is 1. The zero-order chi connectivity index (χ0) is 14.5. The molecule has 8 heteroatoms. The van der Waals surface area contributed by atoms with Gasteiger partial charge in [0.25, 0.3) is 0 Å². The van der Waals surface area contributed by atoms with Crippen molar-refractivity contribution in [1.82, 2.24) is 4.72 Å². The molecule has 19 heavy (non-hydrogen) atoms. The van der Waals surface area contributed by atoms with E-state index in [9.17, 15) is 16.8 Å². The van der Waals surface area contributed by atoms with Crippen molar-refractivity contribution >= 4 is 19.9 Å². The number of rotatable bonds is 7. The van der Waals surface area contributed by atoms with Crippen LogP contribution in [0.5, 0.6) is 0 Å². The summed E-state index contributed by atoms with van der Waals surface area (Å²) in [6.45, 7) is 0.831. The highest BCUT2D eigenvalue weighted by Gasteiger charge is 2.14. The van der Waals surface area contributed by atoms with Crippen molar-refractivity contribution in [3.05, 3.63) is 24.3 Å². The number of unbranched alkanes of at least 4 members (excludes halogenated alkanes) is 1. The Morgan fingerprint density at radius 1 is 1.00 bits per heavy atom. The van der Waals surface area contributed by atoms with Crippen molar-refractivity contribution in [3.63, 3.8) is 0 Å². The van der Waals surface area contributed by atoms with Crippen LogP contribution in [0.4, 0.5) is 0 Å². The number of hydrogen-bond donors (Lipinski definition) is 2. The maximum atomic E-state index is 11.9. The summed E-state index contributed by atoms with van der Waals surface area (Å²) in [5, 5.41) is 0. The third-order valence-electron chi connectivity index (χ3n) is 2.49. The van der Waals surface area contributed by atoms with E-state index in [1.807, 2.05) is 0 Å². The summed E-state index contributed by atoms with van der Waals surface area (Å²) in [4.78, 5) is 0.141. The summed E-state index contributed by atoms with van der Waals surface area (Å²) in [6, 6.07) is 5.12. The van der Waals surface area contributed by atoms with Gasteiger partial charge < -0.3 is 5.73 Å². The lowest BCUT2D eigenvalue weighted by atomic mass is 10.3. The van der Waals surface area contributed by atoms with E-state index < -0.39 is 19.9 Å². The summed E-state index contributed by atoms with van der Waals surface area (Å²) in [5.41, 5.74) is 5.31. The highest BCUT2D eigenvalue weighted by molar-refractivity contribution is 7.90. The van der Waals surface area contributed by atoms with Gasteiger partial charge >= 0.3 is 0 Å². The zero-order valence-electron chi connectivity index (χ0n) is 10.7. The molecule has 0 bridgehead atoms. The smallest absolute Gasteiger partial charge is 0.240 e. The molecule has 0 unspecified atom stereocenters. The van der Waals surface area contributed by atoms with Crippen LogP contribution in [0.3, 0.4) is 0 Å². The minimum absolute atomic E-state index is 0.0487. The summed E-state index contributed by atoms with van der Waals surface area (Å²) < 4.78 is 48.7. The predicted molar refractivity (Wildman–Crippen MR) is 73.0 cm³/mol. The molecule has 0 aliphatic heterocycles. The molecular weight excluding hydrogens is 288 g/mol. The Labute approximate surface area is 114 Å². The van der Waals surface area contributed by atoms with Crippen LogP contribution in [-0.4, -0.2) is 36.2 Å². The Bertz CT molecular complexity index is 607. The van der Waals surface area contributed by atoms with Crippen LogP contribution in [0.25, 0.3) is 0 Å². The Morgan fingerprint density at radius 3 is 2.00 bits per heavy atom. The quantitative estimate of drug-likeness (QED) is 0.695.